The number of imidazole rings is 1. The van der Waals surface area contributed by atoms with E-state index in [4.69, 9.17) is 9.47 Å². The smallest absolute Gasteiger partial charge is 0.202 e. The maximum absolute atomic E-state index is 5.31. The highest BCUT2D eigenvalue weighted by molar-refractivity contribution is 5.45. The van der Waals surface area contributed by atoms with Gasteiger partial charge < -0.3 is 19.4 Å². The molecular formula is C14H19N3O2. The average molecular weight is 261 g/mol. The van der Waals surface area contributed by atoms with Gasteiger partial charge in [-0.05, 0) is 24.6 Å². The first kappa shape index (κ1) is 13.3. The lowest BCUT2D eigenvalue weighted by molar-refractivity contribution is 0.354. The van der Waals surface area contributed by atoms with Gasteiger partial charge in [0.25, 0.3) is 0 Å². The number of benzene rings is 1. The van der Waals surface area contributed by atoms with E-state index in [-0.39, 0.29) is 6.04 Å². The molecule has 102 valence electrons. The fraction of sp³-hybridized carbons (Fsp3) is 0.357. The van der Waals surface area contributed by atoms with Crippen molar-refractivity contribution in [1.82, 2.24) is 9.55 Å². The third-order valence-electron chi connectivity index (χ3n) is 3.07. The van der Waals surface area contributed by atoms with Gasteiger partial charge in [-0.1, -0.05) is 6.07 Å². The van der Waals surface area contributed by atoms with Crippen LogP contribution in [0, 0.1) is 0 Å². The molecule has 0 fully saturated rings. The van der Waals surface area contributed by atoms with Gasteiger partial charge in [0.15, 0.2) is 11.5 Å². The minimum Gasteiger partial charge on any atom is -0.493 e. The molecule has 1 aromatic heterocycles. The van der Waals surface area contributed by atoms with E-state index in [1.54, 1.807) is 20.4 Å². The van der Waals surface area contributed by atoms with Gasteiger partial charge in [0.1, 0.15) is 0 Å². The molecule has 0 aliphatic heterocycles. The molecule has 5 nitrogen and oxygen atoms in total. The van der Waals surface area contributed by atoms with Crippen LogP contribution in [0.1, 0.15) is 18.5 Å². The monoisotopic (exact) mass is 261 g/mol. The molecule has 2 aromatic rings. The van der Waals surface area contributed by atoms with E-state index in [1.807, 2.05) is 36.0 Å². The Labute approximate surface area is 113 Å². The van der Waals surface area contributed by atoms with E-state index in [1.165, 1.54) is 0 Å². The van der Waals surface area contributed by atoms with Crippen LogP contribution in [0.3, 0.4) is 0 Å². The molecule has 5 heteroatoms. The number of aromatic nitrogens is 2. The van der Waals surface area contributed by atoms with Crippen molar-refractivity contribution in [3.63, 3.8) is 0 Å². The van der Waals surface area contributed by atoms with Gasteiger partial charge in [-0.2, -0.15) is 0 Å². The molecule has 2 rings (SSSR count). The summed E-state index contributed by atoms with van der Waals surface area (Å²) >= 11 is 0. The predicted octanol–water partition coefficient (Wildman–Crippen LogP) is 2.61. The Balaban J connectivity index is 2.19. The van der Waals surface area contributed by atoms with Crippen molar-refractivity contribution in [2.45, 2.75) is 13.0 Å². The lowest BCUT2D eigenvalue weighted by Gasteiger charge is -2.17. The number of nitrogens with zero attached hydrogens (tertiary/aromatic N) is 2. The van der Waals surface area contributed by atoms with E-state index in [0.717, 1.165) is 23.0 Å². The lowest BCUT2D eigenvalue weighted by atomic mass is 10.1. The van der Waals surface area contributed by atoms with E-state index in [2.05, 4.69) is 17.2 Å². The molecule has 1 aromatic carbocycles. The first-order valence-corrected chi connectivity index (χ1v) is 6.11. The highest BCUT2D eigenvalue weighted by Gasteiger charge is 2.11. The second kappa shape index (κ2) is 5.65. The van der Waals surface area contributed by atoms with Crippen LogP contribution >= 0.6 is 0 Å². The fourth-order valence-electron chi connectivity index (χ4n) is 1.90. The molecule has 0 saturated carbocycles. The summed E-state index contributed by atoms with van der Waals surface area (Å²) in [6.07, 6.45) is 3.67. The van der Waals surface area contributed by atoms with Crippen LogP contribution < -0.4 is 14.8 Å². The predicted molar refractivity (Wildman–Crippen MR) is 74.8 cm³/mol. The van der Waals surface area contributed by atoms with Crippen molar-refractivity contribution >= 4 is 5.95 Å². The number of ether oxygens (including phenoxy) is 2. The molecule has 0 bridgehead atoms. The van der Waals surface area contributed by atoms with Crippen LogP contribution in [0.2, 0.25) is 0 Å². The van der Waals surface area contributed by atoms with Crippen LogP contribution in [0.25, 0.3) is 0 Å². The second-order valence-corrected chi connectivity index (χ2v) is 4.34. The largest absolute Gasteiger partial charge is 0.493 e. The van der Waals surface area contributed by atoms with Gasteiger partial charge in [0, 0.05) is 19.4 Å². The Morgan fingerprint density at radius 2 is 1.95 bits per heavy atom. The van der Waals surface area contributed by atoms with Gasteiger partial charge >= 0.3 is 0 Å². The van der Waals surface area contributed by atoms with Crippen LogP contribution in [-0.2, 0) is 7.05 Å². The fourth-order valence-corrected chi connectivity index (χ4v) is 1.90. The molecule has 1 heterocycles. The Morgan fingerprint density at radius 1 is 1.21 bits per heavy atom. The highest BCUT2D eigenvalue weighted by Crippen LogP contribution is 2.30. The van der Waals surface area contributed by atoms with E-state index in [0.29, 0.717) is 0 Å². The number of methoxy groups -OCH3 is 2. The number of anilines is 1. The van der Waals surface area contributed by atoms with E-state index in [9.17, 15) is 0 Å². The maximum atomic E-state index is 5.31. The van der Waals surface area contributed by atoms with Gasteiger partial charge in [0.05, 0.1) is 20.3 Å². The third-order valence-corrected chi connectivity index (χ3v) is 3.07. The van der Waals surface area contributed by atoms with Gasteiger partial charge in [-0.15, -0.1) is 0 Å². The zero-order valence-corrected chi connectivity index (χ0v) is 11.7. The van der Waals surface area contributed by atoms with Crippen molar-refractivity contribution in [2.24, 2.45) is 7.05 Å². The SMILES string of the molecule is COc1ccc(C(C)Nc2nccn2C)cc1OC. The summed E-state index contributed by atoms with van der Waals surface area (Å²) in [5, 5.41) is 3.35. The van der Waals surface area contributed by atoms with Crippen molar-refractivity contribution in [1.29, 1.82) is 0 Å². The summed E-state index contributed by atoms with van der Waals surface area (Å²) in [4.78, 5) is 4.25. The zero-order chi connectivity index (χ0) is 13.8. The lowest BCUT2D eigenvalue weighted by Crippen LogP contribution is -2.10. The normalized spacial score (nSPS) is 12.0. The Bertz CT molecular complexity index is 551. The first-order chi connectivity index (χ1) is 9.15. The van der Waals surface area contributed by atoms with E-state index >= 15 is 0 Å². The van der Waals surface area contributed by atoms with Crippen molar-refractivity contribution in [3.8, 4) is 11.5 Å². The minimum atomic E-state index is 0.126. The molecule has 1 atom stereocenters. The molecule has 0 radical (unpaired) electrons. The second-order valence-electron chi connectivity index (χ2n) is 4.34. The number of hydrogen-bond donors (Lipinski definition) is 1. The maximum Gasteiger partial charge on any atom is 0.202 e. The minimum absolute atomic E-state index is 0.126. The third kappa shape index (κ3) is 2.81. The first-order valence-electron chi connectivity index (χ1n) is 6.11. The summed E-state index contributed by atoms with van der Waals surface area (Å²) in [5.74, 6) is 2.30. The highest BCUT2D eigenvalue weighted by atomic mass is 16.5. The van der Waals surface area contributed by atoms with Gasteiger partial charge in [-0.25, -0.2) is 4.98 Å². The standard InChI is InChI=1S/C14H19N3O2/c1-10(16-14-15-7-8-17(14)2)11-5-6-12(18-3)13(9-11)19-4/h5-10H,1-4H3,(H,15,16). The number of aryl methyl sites for hydroxylation is 1. The summed E-state index contributed by atoms with van der Waals surface area (Å²) in [6, 6.07) is 6.02. The topological polar surface area (TPSA) is 48.3 Å². The number of hydrogen-bond acceptors (Lipinski definition) is 4. The van der Waals surface area contributed by atoms with Crippen molar-refractivity contribution in [3.05, 3.63) is 36.2 Å². The molecule has 0 saturated heterocycles. The van der Waals surface area contributed by atoms with Crippen LogP contribution in [-0.4, -0.2) is 23.8 Å². The van der Waals surface area contributed by atoms with Crippen molar-refractivity contribution in [2.75, 3.05) is 19.5 Å². The molecular weight excluding hydrogens is 242 g/mol. The summed E-state index contributed by atoms with van der Waals surface area (Å²) in [5.41, 5.74) is 1.11. The number of nitrogens with one attached hydrogen (secondary N) is 1. The Kier molecular flexibility index (Phi) is 3.94. The van der Waals surface area contributed by atoms with Gasteiger partial charge in [0.2, 0.25) is 5.95 Å². The molecule has 0 aliphatic rings. The summed E-state index contributed by atoms with van der Waals surface area (Å²) in [7, 11) is 5.22. The van der Waals surface area contributed by atoms with E-state index < -0.39 is 0 Å². The summed E-state index contributed by atoms with van der Waals surface area (Å²) < 4.78 is 12.5. The average Bonchev–Trinajstić information content (AvgIpc) is 2.83. The molecule has 0 amide bonds. The van der Waals surface area contributed by atoms with Gasteiger partial charge in [-0.3, -0.25) is 0 Å². The number of rotatable bonds is 5. The van der Waals surface area contributed by atoms with Crippen LogP contribution in [0.15, 0.2) is 30.6 Å². The van der Waals surface area contributed by atoms with Crippen molar-refractivity contribution < 1.29 is 9.47 Å². The molecule has 1 N–H and O–H groups in total. The molecule has 19 heavy (non-hydrogen) atoms. The molecule has 1 unspecified atom stereocenters. The Hall–Kier alpha value is -2.17. The summed E-state index contributed by atoms with van der Waals surface area (Å²) in [6.45, 7) is 2.08. The van der Waals surface area contributed by atoms with Crippen LogP contribution in [0.4, 0.5) is 5.95 Å². The Morgan fingerprint density at radius 3 is 2.53 bits per heavy atom. The quantitative estimate of drug-likeness (QED) is 0.898. The molecule has 0 spiro atoms. The zero-order valence-electron chi connectivity index (χ0n) is 11.7. The van der Waals surface area contributed by atoms with Crippen LogP contribution in [0.5, 0.6) is 11.5 Å². The molecule has 0 aliphatic carbocycles.